The zero-order chi connectivity index (χ0) is 22.7. The molecule has 0 fully saturated rings. The van der Waals surface area contributed by atoms with Crippen molar-refractivity contribution in [3.63, 3.8) is 0 Å². The van der Waals surface area contributed by atoms with Crippen LogP contribution < -0.4 is 32.9 Å². The Morgan fingerprint density at radius 3 is 1.85 bits per heavy atom. The van der Waals surface area contributed by atoms with E-state index in [9.17, 15) is 4.79 Å². The first-order valence-electron chi connectivity index (χ1n) is 10.9. The van der Waals surface area contributed by atoms with Crippen molar-refractivity contribution in [1.29, 1.82) is 0 Å². The molecule has 0 radical (unpaired) electrons. The third-order valence-corrected chi connectivity index (χ3v) is 10.9. The molecule has 34 heavy (non-hydrogen) atoms. The van der Waals surface area contributed by atoms with Crippen LogP contribution in [0.1, 0.15) is 23.1 Å². The highest BCUT2D eigenvalue weighted by atomic mass is 79.9. The minimum atomic E-state index is -2.17. The maximum absolute atomic E-state index is 13.1. The number of hydrogen-bond acceptors (Lipinski definition) is 4. The van der Waals surface area contributed by atoms with Gasteiger partial charge in [0.05, 0.1) is 6.61 Å². The van der Waals surface area contributed by atoms with Gasteiger partial charge in [-0.25, -0.2) is 9.78 Å². The third kappa shape index (κ3) is 4.34. The average Bonchev–Trinajstić information content (AvgIpc) is 3.45. The fourth-order valence-corrected chi connectivity index (χ4v) is 9.24. The number of fused-ring (bicyclic) bond motifs is 1. The second kappa shape index (κ2) is 10.6. The van der Waals surface area contributed by atoms with Crippen molar-refractivity contribution in [3.05, 3.63) is 114 Å². The van der Waals surface area contributed by atoms with Crippen LogP contribution in [0.25, 0.3) is 4.96 Å². The summed E-state index contributed by atoms with van der Waals surface area (Å²) < 4.78 is 7.32. The summed E-state index contributed by atoms with van der Waals surface area (Å²) in [5.74, 6) is -0.328. The lowest BCUT2D eigenvalue weighted by molar-refractivity contribution is -0.0000248. The van der Waals surface area contributed by atoms with E-state index >= 15 is 0 Å². The Morgan fingerprint density at radius 1 is 0.882 bits per heavy atom. The van der Waals surface area contributed by atoms with Gasteiger partial charge in [-0.3, -0.25) is 4.40 Å². The van der Waals surface area contributed by atoms with Crippen LogP contribution in [0.3, 0.4) is 0 Å². The molecule has 3 aromatic carbocycles. The number of thiazole rings is 1. The van der Waals surface area contributed by atoms with Crippen LogP contribution in [0.4, 0.5) is 0 Å². The zero-order valence-electron chi connectivity index (χ0n) is 18.7. The van der Waals surface area contributed by atoms with E-state index in [4.69, 9.17) is 9.72 Å². The first-order chi connectivity index (χ1) is 16.2. The number of benzene rings is 3. The van der Waals surface area contributed by atoms with Crippen LogP contribution in [0.5, 0.6) is 0 Å². The number of carbonyl (C=O) groups excluding carboxylic acids is 1. The van der Waals surface area contributed by atoms with E-state index in [1.165, 1.54) is 27.3 Å². The van der Waals surface area contributed by atoms with Crippen molar-refractivity contribution in [2.45, 2.75) is 13.1 Å². The summed E-state index contributed by atoms with van der Waals surface area (Å²) >= 11 is 1.53. The molecule has 4 nitrogen and oxygen atoms in total. The number of carbonyl (C=O) groups is 1. The van der Waals surface area contributed by atoms with E-state index in [1.54, 1.807) is 0 Å². The van der Waals surface area contributed by atoms with Gasteiger partial charge in [0.25, 0.3) is 0 Å². The number of hydrogen-bond donors (Lipinski definition) is 0. The molecule has 0 N–H and O–H groups in total. The lowest BCUT2D eigenvalue weighted by atomic mass is 10.3. The Balaban J connectivity index is 0.00000274. The molecule has 0 saturated heterocycles. The summed E-state index contributed by atoms with van der Waals surface area (Å²) in [4.78, 5) is 18.8. The summed E-state index contributed by atoms with van der Waals surface area (Å²) in [6, 6.07) is 31.9. The molecular formula is C27H24BrN2O2PS. The number of halogens is 1. The van der Waals surface area contributed by atoms with Crippen molar-refractivity contribution in [2.24, 2.45) is 0 Å². The molecule has 0 atom stereocenters. The van der Waals surface area contributed by atoms with Gasteiger partial charge in [0.15, 0.2) is 10.7 Å². The molecule has 0 aliphatic carbocycles. The van der Waals surface area contributed by atoms with Crippen molar-refractivity contribution < 1.29 is 26.5 Å². The molecule has 0 aliphatic heterocycles. The first kappa shape index (κ1) is 24.3. The zero-order valence-corrected chi connectivity index (χ0v) is 22.0. The maximum atomic E-state index is 13.1. The van der Waals surface area contributed by atoms with E-state index in [1.807, 2.05) is 41.1 Å². The molecular weight excluding hydrogens is 527 g/mol. The Kier molecular flexibility index (Phi) is 7.62. The van der Waals surface area contributed by atoms with Gasteiger partial charge in [0.1, 0.15) is 35.0 Å². The van der Waals surface area contributed by atoms with Gasteiger partial charge in [-0.1, -0.05) is 54.6 Å². The molecule has 5 aromatic rings. The topological polar surface area (TPSA) is 43.6 Å². The van der Waals surface area contributed by atoms with Gasteiger partial charge >= 0.3 is 5.97 Å². The lowest BCUT2D eigenvalue weighted by Crippen LogP contribution is -3.00. The predicted molar refractivity (Wildman–Crippen MR) is 138 cm³/mol. The second-order valence-electron chi connectivity index (χ2n) is 7.66. The minimum Gasteiger partial charge on any atom is -1.00 e. The minimum absolute atomic E-state index is 0. The van der Waals surface area contributed by atoms with Crippen LogP contribution in [0.15, 0.2) is 103 Å². The smallest absolute Gasteiger partial charge is 0.357 e. The molecule has 2 heterocycles. The van der Waals surface area contributed by atoms with Crippen molar-refractivity contribution >= 4 is 45.4 Å². The predicted octanol–water partition coefficient (Wildman–Crippen LogP) is 2.07. The van der Waals surface area contributed by atoms with Gasteiger partial charge in [0.2, 0.25) is 0 Å². The highest BCUT2D eigenvalue weighted by Gasteiger charge is 2.47. The number of nitrogens with zero attached hydrogens (tertiary/aromatic N) is 2. The monoisotopic (exact) mass is 550 g/mol. The van der Waals surface area contributed by atoms with Gasteiger partial charge < -0.3 is 21.7 Å². The largest absolute Gasteiger partial charge is 1.00 e. The van der Waals surface area contributed by atoms with E-state index in [0.29, 0.717) is 18.5 Å². The number of ether oxygens (including phenoxy) is 1. The maximum Gasteiger partial charge on any atom is 0.357 e. The summed E-state index contributed by atoms with van der Waals surface area (Å²) in [6.45, 7) is 2.16. The number of rotatable bonds is 7. The van der Waals surface area contributed by atoms with E-state index in [0.717, 1.165) is 10.7 Å². The summed E-state index contributed by atoms with van der Waals surface area (Å²) in [6.07, 6.45) is 2.53. The van der Waals surface area contributed by atoms with Crippen LogP contribution >= 0.6 is 18.6 Å². The molecule has 0 saturated carbocycles. The first-order valence-corrected chi connectivity index (χ1v) is 13.8. The number of aromatic nitrogens is 2. The van der Waals surface area contributed by atoms with Crippen molar-refractivity contribution in [1.82, 2.24) is 9.38 Å². The van der Waals surface area contributed by atoms with Gasteiger partial charge in [0, 0.05) is 11.6 Å². The quantitative estimate of drug-likeness (QED) is 0.230. The summed E-state index contributed by atoms with van der Waals surface area (Å²) in [5.41, 5.74) is 1.31. The van der Waals surface area contributed by atoms with Gasteiger partial charge in [-0.05, 0) is 43.3 Å². The Morgan fingerprint density at radius 2 is 1.38 bits per heavy atom. The van der Waals surface area contributed by atoms with Crippen LogP contribution in [0, 0.1) is 0 Å². The van der Waals surface area contributed by atoms with Crippen molar-refractivity contribution in [3.8, 4) is 0 Å². The Bertz CT molecular complexity index is 1270. The van der Waals surface area contributed by atoms with Crippen LogP contribution in [0.2, 0.25) is 0 Å². The number of imidazole rings is 1. The molecule has 0 spiro atoms. The second-order valence-corrected chi connectivity index (χ2v) is 12.0. The molecule has 0 amide bonds. The van der Waals surface area contributed by atoms with Gasteiger partial charge in [-0.15, -0.1) is 11.3 Å². The van der Waals surface area contributed by atoms with Crippen LogP contribution in [-0.4, -0.2) is 22.0 Å². The highest BCUT2D eigenvalue weighted by Crippen LogP contribution is 2.58. The molecule has 0 unspecified atom stereocenters. The Hall–Kier alpha value is -2.79. The average molecular weight is 551 g/mol. The van der Waals surface area contributed by atoms with Crippen LogP contribution in [-0.2, 0) is 10.9 Å². The molecule has 2 aromatic heterocycles. The van der Waals surface area contributed by atoms with Gasteiger partial charge in [-0.2, -0.15) is 0 Å². The molecule has 0 bridgehead atoms. The Labute approximate surface area is 214 Å². The van der Waals surface area contributed by atoms with E-state index in [2.05, 4.69) is 72.8 Å². The highest BCUT2D eigenvalue weighted by molar-refractivity contribution is 7.95. The fraction of sp³-hybridized carbons (Fsp3) is 0.111. The summed E-state index contributed by atoms with van der Waals surface area (Å²) in [7, 11) is -2.17. The molecule has 0 aliphatic rings. The third-order valence-electron chi connectivity index (χ3n) is 5.78. The normalized spacial score (nSPS) is 11.2. The van der Waals surface area contributed by atoms with E-state index < -0.39 is 7.26 Å². The standard InChI is InChI=1S/C27H24N2O2PS.BrH/c1-2-31-26(30)25-24(28-27-29(25)18-19-33-27)20-32(21-12-6-3-7-13-21,22-14-8-4-9-15-22)23-16-10-5-11-17-23;/h3-19H,2,20H2,1H3;1H/q+1;/p-1. The summed E-state index contributed by atoms with van der Waals surface area (Å²) in [5, 5.41) is 5.72. The van der Waals surface area contributed by atoms with E-state index in [-0.39, 0.29) is 23.0 Å². The lowest BCUT2D eigenvalue weighted by Gasteiger charge is -2.27. The van der Waals surface area contributed by atoms with Crippen molar-refractivity contribution in [2.75, 3.05) is 6.61 Å². The molecule has 172 valence electrons. The SMILES string of the molecule is CCOC(=O)c1c(C[P+](c2ccccc2)(c2ccccc2)c2ccccc2)nc2sccn12.[Br-]. The fourth-order valence-electron chi connectivity index (χ4n) is 4.35. The molecule has 5 rings (SSSR count). The number of esters is 1. The molecule has 7 heteroatoms.